The maximum Gasteiger partial charge on any atom is 0.221 e. The SMILES string of the molecule is Cc1cc2c(NC3CC3)cccc2c(OCCCN(C)C)n1. The summed E-state index contributed by atoms with van der Waals surface area (Å²) in [6.07, 6.45) is 3.55. The molecule has 0 amide bonds. The van der Waals surface area contributed by atoms with E-state index in [-0.39, 0.29) is 0 Å². The number of nitrogens with one attached hydrogen (secondary N) is 1. The molecular weight excluding hydrogens is 274 g/mol. The van der Waals surface area contributed by atoms with Crippen LogP contribution in [0.1, 0.15) is 25.0 Å². The molecule has 0 atom stereocenters. The number of pyridine rings is 1. The fraction of sp³-hybridized carbons (Fsp3) is 0.500. The van der Waals surface area contributed by atoms with E-state index in [1.807, 2.05) is 6.92 Å². The van der Waals surface area contributed by atoms with Crippen LogP contribution >= 0.6 is 0 Å². The number of benzene rings is 1. The molecule has 1 heterocycles. The summed E-state index contributed by atoms with van der Waals surface area (Å²) in [6.45, 7) is 3.75. The first-order chi connectivity index (χ1) is 10.6. The number of hydrogen-bond acceptors (Lipinski definition) is 4. The van der Waals surface area contributed by atoms with Gasteiger partial charge in [-0.2, -0.15) is 0 Å². The van der Waals surface area contributed by atoms with Crippen molar-refractivity contribution in [1.29, 1.82) is 0 Å². The van der Waals surface area contributed by atoms with Gasteiger partial charge in [0.2, 0.25) is 5.88 Å². The van der Waals surface area contributed by atoms with Gasteiger partial charge in [0, 0.05) is 34.7 Å². The highest BCUT2D eigenvalue weighted by molar-refractivity contribution is 5.97. The van der Waals surface area contributed by atoms with Gasteiger partial charge in [0.15, 0.2) is 0 Å². The monoisotopic (exact) mass is 299 g/mol. The summed E-state index contributed by atoms with van der Waals surface area (Å²) in [4.78, 5) is 6.76. The normalized spacial score (nSPS) is 14.5. The van der Waals surface area contributed by atoms with E-state index in [1.165, 1.54) is 23.9 Å². The lowest BCUT2D eigenvalue weighted by atomic mass is 10.1. The fourth-order valence-electron chi connectivity index (χ4n) is 2.60. The molecule has 1 saturated carbocycles. The molecule has 118 valence electrons. The second kappa shape index (κ2) is 6.53. The zero-order valence-corrected chi connectivity index (χ0v) is 13.7. The largest absolute Gasteiger partial charge is 0.477 e. The lowest BCUT2D eigenvalue weighted by Crippen LogP contribution is -2.15. The number of fused-ring (bicyclic) bond motifs is 1. The van der Waals surface area contributed by atoms with Crippen molar-refractivity contribution in [3.8, 4) is 5.88 Å². The van der Waals surface area contributed by atoms with Gasteiger partial charge in [-0.15, -0.1) is 0 Å². The molecule has 1 aliphatic carbocycles. The van der Waals surface area contributed by atoms with Crippen molar-refractivity contribution in [2.24, 2.45) is 0 Å². The molecule has 0 saturated heterocycles. The van der Waals surface area contributed by atoms with Crippen LogP contribution in [0.5, 0.6) is 5.88 Å². The number of hydrogen-bond donors (Lipinski definition) is 1. The van der Waals surface area contributed by atoms with Gasteiger partial charge in [0.05, 0.1) is 6.61 Å². The zero-order valence-electron chi connectivity index (χ0n) is 13.7. The van der Waals surface area contributed by atoms with Crippen LogP contribution in [0.25, 0.3) is 10.8 Å². The van der Waals surface area contributed by atoms with Crippen molar-refractivity contribution in [2.45, 2.75) is 32.2 Å². The Kier molecular flexibility index (Phi) is 4.48. The van der Waals surface area contributed by atoms with E-state index in [9.17, 15) is 0 Å². The van der Waals surface area contributed by atoms with Crippen molar-refractivity contribution in [3.05, 3.63) is 30.0 Å². The summed E-state index contributed by atoms with van der Waals surface area (Å²) in [5.41, 5.74) is 2.20. The lowest BCUT2D eigenvalue weighted by Gasteiger charge is -2.14. The Morgan fingerprint density at radius 1 is 1.27 bits per heavy atom. The molecule has 1 N–H and O–H groups in total. The highest BCUT2D eigenvalue weighted by atomic mass is 16.5. The average Bonchev–Trinajstić information content (AvgIpc) is 3.28. The second-order valence-electron chi connectivity index (χ2n) is 6.39. The number of aryl methyl sites for hydroxylation is 1. The van der Waals surface area contributed by atoms with Gasteiger partial charge in [0.1, 0.15) is 0 Å². The Labute approximate surface area is 132 Å². The van der Waals surface area contributed by atoms with Crippen molar-refractivity contribution in [2.75, 3.05) is 32.6 Å². The van der Waals surface area contributed by atoms with Gasteiger partial charge >= 0.3 is 0 Å². The average molecular weight is 299 g/mol. The summed E-state index contributed by atoms with van der Waals surface area (Å²) in [5, 5.41) is 5.92. The topological polar surface area (TPSA) is 37.4 Å². The molecule has 1 aromatic carbocycles. The van der Waals surface area contributed by atoms with Crippen molar-refractivity contribution in [1.82, 2.24) is 9.88 Å². The highest BCUT2D eigenvalue weighted by Crippen LogP contribution is 2.33. The molecule has 0 unspecified atom stereocenters. The van der Waals surface area contributed by atoms with E-state index in [0.29, 0.717) is 12.6 Å². The predicted molar refractivity (Wildman–Crippen MR) is 91.8 cm³/mol. The van der Waals surface area contributed by atoms with Gasteiger partial charge in [-0.25, -0.2) is 4.98 Å². The van der Waals surface area contributed by atoms with Gasteiger partial charge in [-0.05, 0) is 58.5 Å². The fourth-order valence-corrected chi connectivity index (χ4v) is 2.60. The first-order valence-corrected chi connectivity index (χ1v) is 8.08. The van der Waals surface area contributed by atoms with E-state index in [2.05, 4.69) is 53.6 Å². The Morgan fingerprint density at radius 3 is 2.82 bits per heavy atom. The van der Waals surface area contributed by atoms with Gasteiger partial charge in [-0.3, -0.25) is 0 Å². The third-order valence-corrected chi connectivity index (χ3v) is 3.89. The molecule has 0 aliphatic heterocycles. The Bertz CT molecular complexity index is 650. The Balaban J connectivity index is 1.82. The number of ether oxygens (including phenoxy) is 1. The molecule has 0 bridgehead atoms. The smallest absolute Gasteiger partial charge is 0.221 e. The number of anilines is 1. The molecule has 1 fully saturated rings. The van der Waals surface area contributed by atoms with Crippen molar-refractivity contribution >= 4 is 16.5 Å². The third kappa shape index (κ3) is 3.69. The van der Waals surface area contributed by atoms with E-state index >= 15 is 0 Å². The molecule has 4 nitrogen and oxygen atoms in total. The zero-order chi connectivity index (χ0) is 15.5. The lowest BCUT2D eigenvalue weighted by molar-refractivity contribution is 0.276. The standard InChI is InChI=1S/C18H25N3O/c1-13-12-16-15(6-4-7-17(16)20-14-8-9-14)18(19-13)22-11-5-10-21(2)3/h4,6-7,12,14,20H,5,8-11H2,1-3H3. The molecular formula is C18H25N3O. The van der Waals surface area contributed by atoms with E-state index in [1.54, 1.807) is 0 Å². The Morgan fingerprint density at radius 2 is 2.09 bits per heavy atom. The van der Waals surface area contributed by atoms with Crippen LogP contribution < -0.4 is 10.1 Å². The Hall–Kier alpha value is -1.81. The van der Waals surface area contributed by atoms with Crippen LogP contribution in [0.2, 0.25) is 0 Å². The summed E-state index contributed by atoms with van der Waals surface area (Å²) >= 11 is 0. The van der Waals surface area contributed by atoms with Crippen LogP contribution in [-0.4, -0.2) is 43.2 Å². The number of rotatable bonds is 7. The summed E-state index contributed by atoms with van der Waals surface area (Å²) < 4.78 is 5.96. The minimum atomic E-state index is 0.642. The van der Waals surface area contributed by atoms with Crippen LogP contribution in [0, 0.1) is 6.92 Å². The molecule has 3 rings (SSSR count). The summed E-state index contributed by atoms with van der Waals surface area (Å²) in [5.74, 6) is 0.758. The van der Waals surface area contributed by atoms with Crippen LogP contribution in [0.15, 0.2) is 24.3 Å². The van der Waals surface area contributed by atoms with Crippen molar-refractivity contribution in [3.63, 3.8) is 0 Å². The predicted octanol–water partition coefficient (Wildman–Crippen LogP) is 3.45. The van der Waals surface area contributed by atoms with Crippen LogP contribution in [-0.2, 0) is 0 Å². The summed E-state index contributed by atoms with van der Waals surface area (Å²) in [7, 11) is 4.16. The molecule has 22 heavy (non-hydrogen) atoms. The molecule has 2 aromatic rings. The molecule has 1 aromatic heterocycles. The summed E-state index contributed by atoms with van der Waals surface area (Å²) in [6, 6.07) is 9.11. The van der Waals surface area contributed by atoms with Crippen LogP contribution in [0.4, 0.5) is 5.69 Å². The number of aromatic nitrogens is 1. The minimum Gasteiger partial charge on any atom is -0.477 e. The van der Waals surface area contributed by atoms with Gasteiger partial charge in [0.25, 0.3) is 0 Å². The van der Waals surface area contributed by atoms with E-state index in [4.69, 9.17) is 4.74 Å². The molecule has 1 aliphatic rings. The maximum absolute atomic E-state index is 5.96. The minimum absolute atomic E-state index is 0.642. The molecule has 0 spiro atoms. The quantitative estimate of drug-likeness (QED) is 0.795. The van der Waals surface area contributed by atoms with Gasteiger partial charge < -0.3 is 15.0 Å². The first kappa shape index (κ1) is 15.1. The van der Waals surface area contributed by atoms with Crippen LogP contribution in [0.3, 0.4) is 0 Å². The first-order valence-electron chi connectivity index (χ1n) is 8.08. The van der Waals surface area contributed by atoms with E-state index in [0.717, 1.165) is 29.9 Å². The highest BCUT2D eigenvalue weighted by Gasteiger charge is 2.21. The van der Waals surface area contributed by atoms with E-state index < -0.39 is 0 Å². The van der Waals surface area contributed by atoms with Gasteiger partial charge in [-0.1, -0.05) is 6.07 Å². The molecule has 0 radical (unpaired) electrons. The van der Waals surface area contributed by atoms with Crippen molar-refractivity contribution < 1.29 is 4.74 Å². The number of nitrogens with zero attached hydrogens (tertiary/aromatic N) is 2. The third-order valence-electron chi connectivity index (χ3n) is 3.89. The maximum atomic E-state index is 5.96. The second-order valence-corrected chi connectivity index (χ2v) is 6.39. The molecule has 4 heteroatoms.